The summed E-state index contributed by atoms with van der Waals surface area (Å²) in [7, 11) is 0. The molecule has 0 aliphatic rings. The zero-order chi connectivity index (χ0) is 19.9. The smallest absolute Gasteiger partial charge is 0.244 e. The fourth-order valence-electron chi connectivity index (χ4n) is 2.76. The van der Waals surface area contributed by atoms with Gasteiger partial charge in [-0.3, -0.25) is 9.59 Å². The molecule has 2 amide bonds. The second kappa shape index (κ2) is 8.86. The van der Waals surface area contributed by atoms with E-state index in [-0.39, 0.29) is 18.4 Å². The van der Waals surface area contributed by atoms with Crippen LogP contribution >= 0.6 is 0 Å². The predicted molar refractivity (Wildman–Crippen MR) is 111 cm³/mol. The molecule has 3 aromatic rings. The molecule has 0 saturated carbocycles. The summed E-state index contributed by atoms with van der Waals surface area (Å²) in [6.07, 6.45) is 0. The Bertz CT molecular complexity index is 953. The van der Waals surface area contributed by atoms with Crippen molar-refractivity contribution in [2.45, 2.75) is 13.8 Å². The summed E-state index contributed by atoms with van der Waals surface area (Å²) in [4.78, 5) is 25.9. The first-order valence-corrected chi connectivity index (χ1v) is 8.99. The molecule has 0 unspecified atom stereocenters. The van der Waals surface area contributed by atoms with Crippen molar-refractivity contribution in [2.24, 2.45) is 0 Å². The first-order chi connectivity index (χ1) is 13.5. The fraction of sp³-hybridized carbons (Fsp3) is 0.130. The summed E-state index contributed by atoms with van der Waals surface area (Å²) in [5, 5.41) is 2.81. The predicted octanol–water partition coefficient (Wildman–Crippen LogP) is 4.78. The highest BCUT2D eigenvalue weighted by Crippen LogP contribution is 2.23. The molecule has 0 bridgehead atoms. The summed E-state index contributed by atoms with van der Waals surface area (Å²) in [6.45, 7) is 3.34. The molecule has 0 spiro atoms. The first kappa shape index (κ1) is 19.2. The number of rotatable bonds is 6. The van der Waals surface area contributed by atoms with E-state index in [0.29, 0.717) is 17.1 Å². The van der Waals surface area contributed by atoms with Gasteiger partial charge in [-0.2, -0.15) is 0 Å². The molecule has 0 radical (unpaired) electrons. The zero-order valence-corrected chi connectivity index (χ0v) is 15.9. The van der Waals surface area contributed by atoms with Gasteiger partial charge in [0.1, 0.15) is 18.0 Å². The van der Waals surface area contributed by atoms with Crippen LogP contribution in [0.25, 0.3) is 0 Å². The van der Waals surface area contributed by atoms with Gasteiger partial charge in [-0.1, -0.05) is 30.3 Å². The lowest BCUT2D eigenvalue weighted by molar-refractivity contribution is -0.120. The summed E-state index contributed by atoms with van der Waals surface area (Å²) in [5.41, 5.74) is 2.37. The summed E-state index contributed by atoms with van der Waals surface area (Å²) in [5.74, 6) is 0.963. The minimum atomic E-state index is -0.270. The van der Waals surface area contributed by atoms with E-state index >= 15 is 0 Å². The maximum absolute atomic E-state index is 12.4. The highest BCUT2D eigenvalue weighted by molar-refractivity contribution is 6.01. The molecule has 28 heavy (non-hydrogen) atoms. The molecule has 3 aromatic carbocycles. The molecule has 0 saturated heterocycles. The van der Waals surface area contributed by atoms with Crippen molar-refractivity contribution in [3.63, 3.8) is 0 Å². The van der Waals surface area contributed by atoms with Gasteiger partial charge < -0.3 is 15.0 Å². The average Bonchev–Trinajstić information content (AvgIpc) is 2.68. The number of carbonyl (C=O) groups excluding carboxylic acids is 2. The zero-order valence-electron chi connectivity index (χ0n) is 15.9. The van der Waals surface area contributed by atoms with E-state index in [2.05, 4.69) is 5.32 Å². The third kappa shape index (κ3) is 5.20. The molecular weight excluding hydrogens is 352 g/mol. The second-order valence-corrected chi connectivity index (χ2v) is 6.43. The molecule has 0 aliphatic carbocycles. The van der Waals surface area contributed by atoms with Crippen molar-refractivity contribution in [2.75, 3.05) is 16.8 Å². The van der Waals surface area contributed by atoms with Gasteiger partial charge in [-0.15, -0.1) is 0 Å². The lowest BCUT2D eigenvalue weighted by Gasteiger charge is -2.21. The number of ether oxygens (including phenoxy) is 1. The average molecular weight is 374 g/mol. The quantitative estimate of drug-likeness (QED) is 0.675. The molecule has 1 N–H and O–H groups in total. The van der Waals surface area contributed by atoms with E-state index in [0.717, 1.165) is 11.3 Å². The Morgan fingerprint density at radius 1 is 0.893 bits per heavy atom. The third-order valence-corrected chi connectivity index (χ3v) is 4.11. The van der Waals surface area contributed by atoms with Crippen LogP contribution in [0.3, 0.4) is 0 Å². The molecule has 5 heteroatoms. The van der Waals surface area contributed by atoms with Gasteiger partial charge in [-0.25, -0.2) is 0 Å². The molecule has 0 aromatic heterocycles. The number of hydrogen-bond donors (Lipinski definition) is 1. The van der Waals surface area contributed by atoms with Crippen LogP contribution in [-0.4, -0.2) is 18.4 Å². The van der Waals surface area contributed by atoms with Crippen molar-refractivity contribution in [1.82, 2.24) is 0 Å². The van der Waals surface area contributed by atoms with Crippen LogP contribution in [0.4, 0.5) is 11.4 Å². The molecule has 5 nitrogen and oxygen atoms in total. The number of benzene rings is 3. The number of carbonyl (C=O) groups is 2. The van der Waals surface area contributed by atoms with Gasteiger partial charge in [0.25, 0.3) is 0 Å². The largest absolute Gasteiger partial charge is 0.457 e. The number of amides is 2. The van der Waals surface area contributed by atoms with Gasteiger partial charge in [-0.05, 0) is 61.0 Å². The summed E-state index contributed by atoms with van der Waals surface area (Å²) in [6, 6.07) is 24.1. The molecule has 142 valence electrons. The molecule has 0 heterocycles. The van der Waals surface area contributed by atoms with Gasteiger partial charge in [0, 0.05) is 18.3 Å². The number of nitrogens with zero attached hydrogens (tertiary/aromatic N) is 1. The first-order valence-electron chi connectivity index (χ1n) is 8.99. The Hall–Kier alpha value is -3.60. The number of anilines is 2. The van der Waals surface area contributed by atoms with E-state index in [4.69, 9.17) is 4.74 Å². The monoisotopic (exact) mass is 374 g/mol. The Morgan fingerprint density at radius 3 is 2.21 bits per heavy atom. The highest BCUT2D eigenvalue weighted by Gasteiger charge is 2.16. The molecule has 0 aliphatic heterocycles. The van der Waals surface area contributed by atoms with E-state index in [9.17, 15) is 9.59 Å². The van der Waals surface area contributed by atoms with Gasteiger partial charge in [0.2, 0.25) is 11.8 Å². The number of hydrogen-bond acceptors (Lipinski definition) is 3. The van der Waals surface area contributed by atoms with Crippen LogP contribution in [0, 0.1) is 6.92 Å². The van der Waals surface area contributed by atoms with Gasteiger partial charge in [0.05, 0.1) is 0 Å². The van der Waals surface area contributed by atoms with E-state index in [1.54, 1.807) is 24.3 Å². The van der Waals surface area contributed by atoms with E-state index < -0.39 is 0 Å². The SMILES string of the molecule is CC(=O)N(CC(=O)Nc1ccc(Oc2ccccc2)cc1)c1cccc(C)c1. The highest BCUT2D eigenvalue weighted by atomic mass is 16.5. The Morgan fingerprint density at radius 2 is 1.57 bits per heavy atom. The van der Waals surface area contributed by atoms with E-state index in [1.165, 1.54) is 11.8 Å². The summed E-state index contributed by atoms with van der Waals surface area (Å²) >= 11 is 0. The number of aryl methyl sites for hydroxylation is 1. The van der Waals surface area contributed by atoms with Crippen LogP contribution in [0.2, 0.25) is 0 Å². The minimum absolute atomic E-state index is 0.0545. The molecular formula is C23H22N2O3. The molecule has 0 fully saturated rings. The Labute approximate surface area is 164 Å². The second-order valence-electron chi connectivity index (χ2n) is 6.43. The van der Waals surface area contributed by atoms with Crippen molar-refractivity contribution >= 4 is 23.2 Å². The topological polar surface area (TPSA) is 58.6 Å². The molecule has 3 rings (SSSR count). The Balaban J connectivity index is 1.62. The van der Waals surface area contributed by atoms with Crippen molar-refractivity contribution in [3.05, 3.63) is 84.4 Å². The molecule has 0 atom stereocenters. The Kier molecular flexibility index (Phi) is 6.07. The van der Waals surface area contributed by atoms with Crippen LogP contribution < -0.4 is 15.0 Å². The van der Waals surface area contributed by atoms with Crippen LogP contribution in [-0.2, 0) is 9.59 Å². The van der Waals surface area contributed by atoms with Crippen molar-refractivity contribution in [3.8, 4) is 11.5 Å². The third-order valence-electron chi connectivity index (χ3n) is 4.11. The van der Waals surface area contributed by atoms with Crippen molar-refractivity contribution in [1.29, 1.82) is 0 Å². The normalized spacial score (nSPS) is 10.2. The number of para-hydroxylation sites is 1. The maximum atomic E-state index is 12.4. The lowest BCUT2D eigenvalue weighted by Crippen LogP contribution is -2.36. The standard InChI is InChI=1S/C23H22N2O3/c1-17-7-6-8-20(15-17)25(18(2)26)16-23(27)24-19-11-13-22(14-12-19)28-21-9-4-3-5-10-21/h3-15H,16H2,1-2H3,(H,24,27). The lowest BCUT2D eigenvalue weighted by atomic mass is 10.2. The van der Waals surface area contributed by atoms with Crippen molar-refractivity contribution < 1.29 is 14.3 Å². The fourth-order valence-corrected chi connectivity index (χ4v) is 2.76. The van der Waals surface area contributed by atoms with Crippen LogP contribution in [0.5, 0.6) is 11.5 Å². The van der Waals surface area contributed by atoms with E-state index in [1.807, 2.05) is 61.5 Å². The van der Waals surface area contributed by atoms with Gasteiger partial charge in [0.15, 0.2) is 0 Å². The van der Waals surface area contributed by atoms with Gasteiger partial charge >= 0.3 is 0 Å². The minimum Gasteiger partial charge on any atom is -0.457 e. The van der Waals surface area contributed by atoms with Crippen LogP contribution in [0.15, 0.2) is 78.9 Å². The number of nitrogens with one attached hydrogen (secondary N) is 1. The summed E-state index contributed by atoms with van der Waals surface area (Å²) < 4.78 is 5.74. The van der Waals surface area contributed by atoms with Crippen LogP contribution in [0.1, 0.15) is 12.5 Å². The maximum Gasteiger partial charge on any atom is 0.244 e.